The fourth-order valence-corrected chi connectivity index (χ4v) is 5.07. The van der Waals surface area contributed by atoms with Gasteiger partial charge >= 0.3 is 0 Å². The number of piperidine rings is 1. The Bertz CT molecular complexity index is 1260. The van der Waals surface area contributed by atoms with Gasteiger partial charge in [-0.3, -0.25) is 9.69 Å². The molecule has 1 aliphatic heterocycles. The molecule has 0 aliphatic carbocycles. The third kappa shape index (κ3) is 5.84. The maximum Gasteiger partial charge on any atom is 0.269 e. The van der Waals surface area contributed by atoms with E-state index in [0.717, 1.165) is 45.6 Å². The Morgan fingerprint density at radius 3 is 2.11 bits per heavy atom. The standard InChI is InChI=1S/C29H31FN4O/c30-25-11-12-27-28(19-25)34(29(35)20-31-27)18-17-32-15-13-26(14-16-32)33(21-23-7-3-1-4-8-23)22-24-9-5-2-6-10-24/h1-12,19-20,26H,13-18,21-22H2. The fraction of sp³-hybridized carbons (Fsp3) is 0.310. The molecule has 2 heterocycles. The van der Waals surface area contributed by atoms with Gasteiger partial charge in [-0.15, -0.1) is 0 Å². The molecule has 180 valence electrons. The topological polar surface area (TPSA) is 41.4 Å². The van der Waals surface area contributed by atoms with Crippen molar-refractivity contribution in [3.8, 4) is 0 Å². The summed E-state index contributed by atoms with van der Waals surface area (Å²) in [7, 11) is 0. The lowest BCUT2D eigenvalue weighted by Crippen LogP contribution is -2.45. The minimum absolute atomic E-state index is 0.185. The summed E-state index contributed by atoms with van der Waals surface area (Å²) in [4.78, 5) is 21.6. The van der Waals surface area contributed by atoms with Gasteiger partial charge in [-0.1, -0.05) is 60.7 Å². The second-order valence-corrected chi connectivity index (χ2v) is 9.33. The molecule has 1 saturated heterocycles. The fourth-order valence-electron chi connectivity index (χ4n) is 5.07. The monoisotopic (exact) mass is 470 g/mol. The van der Waals surface area contributed by atoms with E-state index in [4.69, 9.17) is 0 Å². The van der Waals surface area contributed by atoms with Gasteiger partial charge in [0.1, 0.15) is 5.82 Å². The predicted molar refractivity (Wildman–Crippen MR) is 138 cm³/mol. The first kappa shape index (κ1) is 23.4. The average Bonchev–Trinajstić information content (AvgIpc) is 2.89. The Morgan fingerprint density at radius 2 is 1.49 bits per heavy atom. The molecule has 35 heavy (non-hydrogen) atoms. The quantitative estimate of drug-likeness (QED) is 0.374. The summed E-state index contributed by atoms with van der Waals surface area (Å²) >= 11 is 0. The molecule has 0 spiro atoms. The third-order valence-electron chi connectivity index (χ3n) is 6.98. The number of fused-ring (bicyclic) bond motifs is 1. The molecule has 1 aliphatic rings. The zero-order valence-corrected chi connectivity index (χ0v) is 19.9. The molecule has 6 heteroatoms. The van der Waals surface area contributed by atoms with Crippen molar-refractivity contribution in [3.05, 3.63) is 112 Å². The molecule has 0 saturated carbocycles. The summed E-state index contributed by atoms with van der Waals surface area (Å²) in [5.74, 6) is -0.351. The van der Waals surface area contributed by atoms with E-state index in [1.807, 2.05) is 0 Å². The van der Waals surface area contributed by atoms with Gasteiger partial charge < -0.3 is 9.47 Å². The zero-order chi connectivity index (χ0) is 24.0. The van der Waals surface area contributed by atoms with Gasteiger partial charge in [-0.25, -0.2) is 9.37 Å². The van der Waals surface area contributed by atoms with Crippen LogP contribution >= 0.6 is 0 Å². The molecule has 0 bridgehead atoms. The number of benzene rings is 3. The van der Waals surface area contributed by atoms with Crippen LogP contribution in [-0.2, 0) is 19.6 Å². The predicted octanol–water partition coefficient (Wildman–Crippen LogP) is 4.70. The van der Waals surface area contributed by atoms with E-state index in [1.54, 1.807) is 10.6 Å². The number of rotatable bonds is 8. The highest BCUT2D eigenvalue weighted by atomic mass is 19.1. The van der Waals surface area contributed by atoms with E-state index < -0.39 is 0 Å². The summed E-state index contributed by atoms with van der Waals surface area (Å²) in [5, 5.41) is 0. The molecule has 0 amide bonds. The molecular formula is C29H31FN4O. The summed E-state index contributed by atoms with van der Waals surface area (Å²) in [5.41, 5.74) is 3.69. The van der Waals surface area contributed by atoms with Crippen molar-refractivity contribution < 1.29 is 4.39 Å². The third-order valence-corrected chi connectivity index (χ3v) is 6.98. The van der Waals surface area contributed by atoms with Crippen LogP contribution in [0.4, 0.5) is 4.39 Å². The van der Waals surface area contributed by atoms with Crippen molar-refractivity contribution in [3.63, 3.8) is 0 Å². The Balaban J connectivity index is 1.23. The first-order valence-corrected chi connectivity index (χ1v) is 12.3. The summed E-state index contributed by atoms with van der Waals surface area (Å²) in [6.07, 6.45) is 3.50. The normalized spacial score (nSPS) is 15.1. The van der Waals surface area contributed by atoms with Gasteiger partial charge in [0.15, 0.2) is 0 Å². The van der Waals surface area contributed by atoms with Crippen LogP contribution in [0.3, 0.4) is 0 Å². The van der Waals surface area contributed by atoms with Crippen LogP contribution < -0.4 is 5.56 Å². The first-order valence-electron chi connectivity index (χ1n) is 12.3. The Morgan fingerprint density at radius 1 is 0.857 bits per heavy atom. The molecule has 1 fully saturated rings. The minimum atomic E-state index is -0.351. The lowest BCUT2D eigenvalue weighted by Gasteiger charge is -2.39. The van der Waals surface area contributed by atoms with Gasteiger partial charge in [0.05, 0.1) is 17.2 Å². The number of aromatic nitrogens is 2. The highest BCUT2D eigenvalue weighted by Gasteiger charge is 2.25. The van der Waals surface area contributed by atoms with Crippen LogP contribution in [0.25, 0.3) is 11.0 Å². The van der Waals surface area contributed by atoms with Crippen LogP contribution in [0, 0.1) is 5.82 Å². The Hall–Kier alpha value is -3.35. The van der Waals surface area contributed by atoms with E-state index in [2.05, 4.69) is 75.4 Å². The highest BCUT2D eigenvalue weighted by Crippen LogP contribution is 2.22. The molecule has 0 atom stereocenters. The lowest BCUT2D eigenvalue weighted by molar-refractivity contribution is 0.0949. The molecule has 5 nitrogen and oxygen atoms in total. The largest absolute Gasteiger partial charge is 0.304 e. The van der Waals surface area contributed by atoms with Crippen molar-refractivity contribution >= 4 is 11.0 Å². The number of nitrogens with zero attached hydrogens (tertiary/aromatic N) is 4. The van der Waals surface area contributed by atoms with E-state index in [-0.39, 0.29) is 11.4 Å². The molecule has 0 unspecified atom stereocenters. The first-order chi connectivity index (χ1) is 17.2. The highest BCUT2D eigenvalue weighted by molar-refractivity contribution is 5.74. The molecule has 5 rings (SSSR count). The molecular weight excluding hydrogens is 439 g/mol. The molecule has 0 N–H and O–H groups in total. The smallest absolute Gasteiger partial charge is 0.269 e. The lowest BCUT2D eigenvalue weighted by atomic mass is 10.0. The van der Waals surface area contributed by atoms with Crippen LogP contribution in [0.15, 0.2) is 89.9 Å². The molecule has 0 radical (unpaired) electrons. The van der Waals surface area contributed by atoms with E-state index in [0.29, 0.717) is 23.6 Å². The molecule has 4 aromatic rings. The maximum absolute atomic E-state index is 13.8. The average molecular weight is 471 g/mol. The van der Waals surface area contributed by atoms with Crippen molar-refractivity contribution in [1.29, 1.82) is 0 Å². The van der Waals surface area contributed by atoms with Crippen LogP contribution in [0.1, 0.15) is 24.0 Å². The van der Waals surface area contributed by atoms with Crippen molar-refractivity contribution in [2.75, 3.05) is 19.6 Å². The SMILES string of the molecule is O=c1cnc2ccc(F)cc2n1CCN1CCC(N(Cc2ccccc2)Cc2ccccc2)CC1. The number of hydrogen-bond acceptors (Lipinski definition) is 4. The molecule has 3 aromatic carbocycles. The van der Waals surface area contributed by atoms with Crippen LogP contribution in [-0.4, -0.2) is 45.0 Å². The van der Waals surface area contributed by atoms with Gasteiger partial charge in [0, 0.05) is 32.2 Å². The maximum atomic E-state index is 13.8. The molecule has 1 aromatic heterocycles. The minimum Gasteiger partial charge on any atom is -0.304 e. The Kier molecular flexibility index (Phi) is 7.31. The van der Waals surface area contributed by atoms with E-state index in [9.17, 15) is 9.18 Å². The second kappa shape index (κ2) is 10.9. The number of likely N-dealkylation sites (tertiary alicyclic amines) is 1. The van der Waals surface area contributed by atoms with Crippen LogP contribution in [0.5, 0.6) is 0 Å². The van der Waals surface area contributed by atoms with E-state index >= 15 is 0 Å². The van der Waals surface area contributed by atoms with E-state index in [1.165, 1.54) is 29.5 Å². The van der Waals surface area contributed by atoms with Crippen LogP contribution in [0.2, 0.25) is 0 Å². The summed E-state index contributed by atoms with van der Waals surface area (Å²) < 4.78 is 15.5. The van der Waals surface area contributed by atoms with Crippen molar-refractivity contribution in [1.82, 2.24) is 19.4 Å². The van der Waals surface area contributed by atoms with Gasteiger partial charge in [-0.2, -0.15) is 0 Å². The van der Waals surface area contributed by atoms with Gasteiger partial charge in [-0.05, 0) is 55.3 Å². The van der Waals surface area contributed by atoms with Crippen molar-refractivity contribution in [2.24, 2.45) is 0 Å². The zero-order valence-electron chi connectivity index (χ0n) is 19.9. The second-order valence-electron chi connectivity index (χ2n) is 9.33. The van der Waals surface area contributed by atoms with Gasteiger partial charge in [0.2, 0.25) is 0 Å². The Labute approximate surface area is 205 Å². The van der Waals surface area contributed by atoms with Gasteiger partial charge in [0.25, 0.3) is 5.56 Å². The van der Waals surface area contributed by atoms with Crippen molar-refractivity contribution in [2.45, 2.75) is 38.5 Å². The summed E-state index contributed by atoms with van der Waals surface area (Å²) in [6, 6.07) is 26.3. The number of halogens is 1. The summed E-state index contributed by atoms with van der Waals surface area (Å²) in [6.45, 7) is 5.13. The number of hydrogen-bond donors (Lipinski definition) is 0.